The van der Waals surface area contributed by atoms with E-state index in [1.165, 1.54) is 0 Å². The molecular weight excluding hydrogens is 270 g/mol. The van der Waals surface area contributed by atoms with Gasteiger partial charge in [0.2, 0.25) is 5.88 Å². The lowest BCUT2D eigenvalue weighted by Crippen LogP contribution is -2.15. The summed E-state index contributed by atoms with van der Waals surface area (Å²) in [6.07, 6.45) is 4.00. The van der Waals surface area contributed by atoms with Crippen LogP contribution in [0.25, 0.3) is 0 Å². The van der Waals surface area contributed by atoms with E-state index in [0.717, 1.165) is 36.9 Å². The lowest BCUT2D eigenvalue weighted by molar-refractivity contribution is 0.0673. The van der Waals surface area contributed by atoms with Gasteiger partial charge in [-0.2, -0.15) is 0 Å². The lowest BCUT2D eigenvalue weighted by atomic mass is 9.95. The quantitative estimate of drug-likeness (QED) is 0.783. The number of fused-ring (bicyclic) bond motifs is 1. The number of carboxylic acids is 1. The molecule has 1 aliphatic carbocycles. The Morgan fingerprint density at radius 1 is 1.33 bits per heavy atom. The molecule has 2 rings (SSSR count). The number of aromatic carboxylic acids is 1. The Balaban J connectivity index is 2.01. The maximum absolute atomic E-state index is 11.3. The molecule has 0 aliphatic heterocycles. The second-order valence-electron chi connectivity index (χ2n) is 5.78. The van der Waals surface area contributed by atoms with Crippen LogP contribution < -0.4 is 4.74 Å². The Kier molecular flexibility index (Phi) is 5.56. The van der Waals surface area contributed by atoms with Crippen LogP contribution in [0.5, 0.6) is 5.88 Å². The van der Waals surface area contributed by atoms with Crippen molar-refractivity contribution in [2.75, 3.05) is 19.8 Å². The number of hydrogen-bond acceptors (Lipinski definition) is 4. The molecule has 0 bridgehead atoms. The first-order valence-electron chi connectivity index (χ1n) is 7.54. The topological polar surface area (TPSA) is 68.7 Å². The van der Waals surface area contributed by atoms with Crippen molar-refractivity contribution >= 4 is 5.97 Å². The van der Waals surface area contributed by atoms with Crippen molar-refractivity contribution in [2.24, 2.45) is 5.92 Å². The first-order chi connectivity index (χ1) is 10.1. The number of aromatic nitrogens is 1. The van der Waals surface area contributed by atoms with Gasteiger partial charge in [-0.3, -0.25) is 0 Å². The molecule has 5 heteroatoms. The molecule has 0 unspecified atom stereocenters. The Hall–Kier alpha value is -1.62. The fourth-order valence-electron chi connectivity index (χ4n) is 2.39. The third-order valence-corrected chi connectivity index (χ3v) is 3.41. The van der Waals surface area contributed by atoms with Crippen LogP contribution in [0.4, 0.5) is 0 Å². The standard InChI is InChI=1S/C16H23NO4/c1-11(2)10-20-7-8-21-15-13(16(18)19)9-12-5-3-4-6-14(12)17-15/h9,11H,3-8,10H2,1-2H3,(H,18,19). The van der Waals surface area contributed by atoms with Crippen LogP contribution >= 0.6 is 0 Å². The highest BCUT2D eigenvalue weighted by Crippen LogP contribution is 2.26. The molecule has 0 amide bonds. The molecule has 0 fully saturated rings. The molecule has 0 spiro atoms. The van der Waals surface area contributed by atoms with Crippen LogP contribution in [0.15, 0.2) is 6.07 Å². The van der Waals surface area contributed by atoms with E-state index in [2.05, 4.69) is 18.8 Å². The molecule has 1 aliphatic rings. The van der Waals surface area contributed by atoms with Crippen molar-refractivity contribution in [3.63, 3.8) is 0 Å². The van der Waals surface area contributed by atoms with Gasteiger partial charge in [-0.1, -0.05) is 13.8 Å². The molecule has 1 heterocycles. The van der Waals surface area contributed by atoms with Crippen molar-refractivity contribution < 1.29 is 19.4 Å². The van der Waals surface area contributed by atoms with Crippen molar-refractivity contribution in [2.45, 2.75) is 39.5 Å². The molecule has 0 radical (unpaired) electrons. The van der Waals surface area contributed by atoms with Gasteiger partial charge in [-0.15, -0.1) is 0 Å². The summed E-state index contributed by atoms with van der Waals surface area (Å²) < 4.78 is 11.0. The Morgan fingerprint density at radius 3 is 2.81 bits per heavy atom. The molecule has 21 heavy (non-hydrogen) atoms. The van der Waals surface area contributed by atoms with Gasteiger partial charge in [0.25, 0.3) is 0 Å². The predicted molar refractivity (Wildman–Crippen MR) is 79.0 cm³/mol. The Bertz CT molecular complexity index is 499. The highest BCUT2D eigenvalue weighted by atomic mass is 16.5. The summed E-state index contributed by atoms with van der Waals surface area (Å²) in [4.78, 5) is 15.7. The van der Waals surface area contributed by atoms with Gasteiger partial charge in [-0.05, 0) is 43.2 Å². The molecule has 0 atom stereocenters. The second-order valence-corrected chi connectivity index (χ2v) is 5.78. The first-order valence-corrected chi connectivity index (χ1v) is 7.54. The van der Waals surface area contributed by atoms with Crippen molar-refractivity contribution in [1.82, 2.24) is 4.98 Å². The third-order valence-electron chi connectivity index (χ3n) is 3.41. The zero-order valence-electron chi connectivity index (χ0n) is 12.7. The molecule has 5 nitrogen and oxygen atoms in total. The fraction of sp³-hybridized carbons (Fsp3) is 0.625. The largest absolute Gasteiger partial charge is 0.477 e. The molecular formula is C16H23NO4. The normalized spacial score (nSPS) is 14.0. The van der Waals surface area contributed by atoms with Crippen LogP contribution in [0, 0.1) is 5.92 Å². The number of aryl methyl sites for hydroxylation is 2. The molecule has 1 aromatic heterocycles. The van der Waals surface area contributed by atoms with Gasteiger partial charge in [0, 0.05) is 12.3 Å². The summed E-state index contributed by atoms with van der Waals surface area (Å²) in [6, 6.07) is 1.72. The zero-order valence-corrected chi connectivity index (χ0v) is 12.7. The summed E-state index contributed by atoms with van der Waals surface area (Å²) >= 11 is 0. The van der Waals surface area contributed by atoms with E-state index in [9.17, 15) is 9.90 Å². The number of nitrogens with zero attached hydrogens (tertiary/aromatic N) is 1. The SMILES string of the molecule is CC(C)COCCOc1nc2c(cc1C(=O)O)CCCC2. The smallest absolute Gasteiger partial charge is 0.341 e. The summed E-state index contributed by atoms with van der Waals surface area (Å²) in [6.45, 7) is 5.59. The number of carbonyl (C=O) groups is 1. The van der Waals surface area contributed by atoms with Gasteiger partial charge in [0.15, 0.2) is 0 Å². The maximum atomic E-state index is 11.3. The van der Waals surface area contributed by atoms with E-state index in [-0.39, 0.29) is 11.4 Å². The van der Waals surface area contributed by atoms with Crippen LogP contribution in [-0.2, 0) is 17.6 Å². The molecule has 1 aromatic rings. The molecule has 1 N–H and O–H groups in total. The molecule has 0 aromatic carbocycles. The summed E-state index contributed by atoms with van der Waals surface area (Å²) in [5.41, 5.74) is 2.17. The minimum absolute atomic E-state index is 0.152. The van der Waals surface area contributed by atoms with E-state index >= 15 is 0 Å². The monoisotopic (exact) mass is 293 g/mol. The van der Waals surface area contributed by atoms with Gasteiger partial charge < -0.3 is 14.6 Å². The van der Waals surface area contributed by atoms with Crippen LogP contribution in [0.3, 0.4) is 0 Å². The van der Waals surface area contributed by atoms with Crippen molar-refractivity contribution in [1.29, 1.82) is 0 Å². The van der Waals surface area contributed by atoms with E-state index in [4.69, 9.17) is 9.47 Å². The van der Waals surface area contributed by atoms with E-state index in [1.54, 1.807) is 6.07 Å². The number of pyridine rings is 1. The maximum Gasteiger partial charge on any atom is 0.341 e. The predicted octanol–water partition coefficient (Wildman–Crippen LogP) is 2.71. The molecule has 116 valence electrons. The van der Waals surface area contributed by atoms with Gasteiger partial charge in [0.1, 0.15) is 12.2 Å². The lowest BCUT2D eigenvalue weighted by Gasteiger charge is -2.17. The van der Waals surface area contributed by atoms with E-state index in [1.807, 2.05) is 0 Å². The average molecular weight is 293 g/mol. The third kappa shape index (κ3) is 4.43. The van der Waals surface area contributed by atoms with Crippen LogP contribution in [0.2, 0.25) is 0 Å². The summed E-state index contributed by atoms with van der Waals surface area (Å²) in [5, 5.41) is 9.29. The fourth-order valence-corrected chi connectivity index (χ4v) is 2.39. The highest BCUT2D eigenvalue weighted by Gasteiger charge is 2.19. The van der Waals surface area contributed by atoms with Gasteiger partial charge in [-0.25, -0.2) is 9.78 Å². The number of hydrogen-bond donors (Lipinski definition) is 1. The summed E-state index contributed by atoms with van der Waals surface area (Å²) in [7, 11) is 0. The molecule has 0 saturated carbocycles. The first kappa shape index (κ1) is 15.8. The highest BCUT2D eigenvalue weighted by molar-refractivity contribution is 5.90. The zero-order chi connectivity index (χ0) is 15.2. The average Bonchev–Trinajstić information content (AvgIpc) is 2.45. The number of carboxylic acid groups (broad SMARTS) is 1. The second kappa shape index (κ2) is 7.41. The van der Waals surface area contributed by atoms with Crippen LogP contribution in [-0.4, -0.2) is 35.9 Å². The van der Waals surface area contributed by atoms with Gasteiger partial charge >= 0.3 is 5.97 Å². The summed E-state index contributed by atoms with van der Waals surface area (Å²) in [5.74, 6) is -0.299. The van der Waals surface area contributed by atoms with Crippen molar-refractivity contribution in [3.8, 4) is 5.88 Å². The Morgan fingerprint density at radius 2 is 2.10 bits per heavy atom. The van der Waals surface area contributed by atoms with Gasteiger partial charge in [0.05, 0.1) is 6.61 Å². The van der Waals surface area contributed by atoms with Crippen molar-refractivity contribution in [3.05, 3.63) is 22.9 Å². The number of rotatable bonds is 7. The van der Waals surface area contributed by atoms with E-state index in [0.29, 0.717) is 25.7 Å². The Labute approximate surface area is 125 Å². The number of ether oxygens (including phenoxy) is 2. The minimum atomic E-state index is -0.992. The van der Waals surface area contributed by atoms with E-state index < -0.39 is 5.97 Å². The molecule has 0 saturated heterocycles. The van der Waals surface area contributed by atoms with Crippen LogP contribution in [0.1, 0.15) is 48.3 Å². The minimum Gasteiger partial charge on any atom is -0.477 e.